The standard InChI is InChI=1S/C17H14F2N2O2/c1-11-17(22)21(10-12-6-2-4-8-14(12)18)16(20-23-11)13-7-3-5-9-15(13)19/h2-9,11H,10H2,1H3. The van der Waals surface area contributed by atoms with Crippen LogP contribution in [0, 0.1) is 11.6 Å². The molecule has 0 saturated heterocycles. The number of nitrogens with zero attached hydrogens (tertiary/aromatic N) is 2. The molecular weight excluding hydrogens is 302 g/mol. The Morgan fingerprint density at radius 1 is 1.09 bits per heavy atom. The van der Waals surface area contributed by atoms with Gasteiger partial charge in [0.25, 0.3) is 5.91 Å². The van der Waals surface area contributed by atoms with E-state index in [-0.39, 0.29) is 17.9 Å². The molecular formula is C17H14F2N2O2. The number of rotatable bonds is 3. The lowest BCUT2D eigenvalue weighted by Gasteiger charge is -2.30. The minimum atomic E-state index is -0.808. The maximum Gasteiger partial charge on any atom is 0.272 e. The number of carbonyl (C=O) groups excluding carboxylic acids is 1. The Bertz CT molecular complexity index is 777. The summed E-state index contributed by atoms with van der Waals surface area (Å²) in [5, 5.41) is 3.86. The molecule has 1 atom stereocenters. The average Bonchev–Trinajstić information content (AvgIpc) is 2.55. The van der Waals surface area contributed by atoms with Crippen LogP contribution in [0.3, 0.4) is 0 Å². The number of oxime groups is 1. The molecule has 1 heterocycles. The first-order valence-electron chi connectivity index (χ1n) is 7.11. The Balaban J connectivity index is 2.01. The van der Waals surface area contributed by atoms with E-state index in [1.807, 2.05) is 0 Å². The van der Waals surface area contributed by atoms with Crippen molar-refractivity contribution in [3.63, 3.8) is 0 Å². The summed E-state index contributed by atoms with van der Waals surface area (Å²) in [4.78, 5) is 18.7. The fourth-order valence-corrected chi connectivity index (χ4v) is 2.33. The topological polar surface area (TPSA) is 41.9 Å². The molecule has 6 heteroatoms. The lowest BCUT2D eigenvalue weighted by Crippen LogP contribution is -2.46. The molecule has 0 fully saturated rings. The summed E-state index contributed by atoms with van der Waals surface area (Å²) in [6.45, 7) is 1.49. The third kappa shape index (κ3) is 2.92. The number of carbonyl (C=O) groups is 1. The van der Waals surface area contributed by atoms with Crippen LogP contribution >= 0.6 is 0 Å². The summed E-state index contributed by atoms with van der Waals surface area (Å²) in [7, 11) is 0. The molecule has 0 radical (unpaired) electrons. The van der Waals surface area contributed by atoms with Crippen molar-refractivity contribution in [1.82, 2.24) is 4.90 Å². The van der Waals surface area contributed by atoms with Crippen LogP contribution in [-0.2, 0) is 16.2 Å². The fraction of sp³-hybridized carbons (Fsp3) is 0.176. The van der Waals surface area contributed by atoms with Crippen molar-refractivity contribution in [2.24, 2.45) is 5.16 Å². The highest BCUT2D eigenvalue weighted by Crippen LogP contribution is 2.20. The zero-order valence-electron chi connectivity index (χ0n) is 12.4. The average molecular weight is 316 g/mol. The highest BCUT2D eigenvalue weighted by atomic mass is 19.1. The number of hydrogen-bond donors (Lipinski definition) is 0. The molecule has 0 spiro atoms. The van der Waals surface area contributed by atoms with Gasteiger partial charge in [0.2, 0.25) is 6.10 Å². The monoisotopic (exact) mass is 316 g/mol. The van der Waals surface area contributed by atoms with Crippen LogP contribution in [0.5, 0.6) is 0 Å². The maximum atomic E-state index is 14.0. The largest absolute Gasteiger partial charge is 0.381 e. The Morgan fingerprint density at radius 2 is 1.74 bits per heavy atom. The summed E-state index contributed by atoms with van der Waals surface area (Å²) in [5.74, 6) is -1.33. The maximum absolute atomic E-state index is 14.0. The minimum absolute atomic E-state index is 0.0365. The molecule has 1 amide bonds. The van der Waals surface area contributed by atoms with E-state index in [2.05, 4.69) is 5.16 Å². The van der Waals surface area contributed by atoms with Gasteiger partial charge in [-0.3, -0.25) is 9.69 Å². The normalized spacial score (nSPS) is 17.7. The van der Waals surface area contributed by atoms with Crippen LogP contribution in [0.2, 0.25) is 0 Å². The predicted octanol–water partition coefficient (Wildman–Crippen LogP) is 3.07. The molecule has 118 valence electrons. The predicted molar refractivity (Wildman–Crippen MR) is 80.4 cm³/mol. The Hall–Kier alpha value is -2.76. The van der Waals surface area contributed by atoms with Crippen molar-refractivity contribution in [3.05, 3.63) is 71.3 Å². The number of benzene rings is 2. The van der Waals surface area contributed by atoms with Gasteiger partial charge in [0, 0.05) is 5.56 Å². The zero-order chi connectivity index (χ0) is 16.4. The molecule has 23 heavy (non-hydrogen) atoms. The highest BCUT2D eigenvalue weighted by molar-refractivity contribution is 6.09. The van der Waals surface area contributed by atoms with Gasteiger partial charge in [-0.1, -0.05) is 35.5 Å². The number of halogens is 2. The molecule has 0 saturated carbocycles. The first kappa shape index (κ1) is 15.1. The van der Waals surface area contributed by atoms with Crippen molar-refractivity contribution in [3.8, 4) is 0 Å². The Morgan fingerprint density at radius 3 is 2.43 bits per heavy atom. The molecule has 4 nitrogen and oxygen atoms in total. The van der Waals surface area contributed by atoms with Crippen LogP contribution in [0.4, 0.5) is 8.78 Å². The van der Waals surface area contributed by atoms with Crippen molar-refractivity contribution < 1.29 is 18.4 Å². The van der Waals surface area contributed by atoms with E-state index in [0.717, 1.165) is 0 Å². The lowest BCUT2D eigenvalue weighted by atomic mass is 10.1. The second kappa shape index (κ2) is 6.16. The van der Waals surface area contributed by atoms with Gasteiger partial charge in [0.15, 0.2) is 5.84 Å². The Kier molecular flexibility index (Phi) is 4.06. The summed E-state index contributed by atoms with van der Waals surface area (Å²) >= 11 is 0. The van der Waals surface area contributed by atoms with Gasteiger partial charge in [0.1, 0.15) is 11.6 Å². The molecule has 1 unspecified atom stereocenters. The van der Waals surface area contributed by atoms with E-state index in [9.17, 15) is 13.6 Å². The number of amides is 1. The van der Waals surface area contributed by atoms with E-state index in [1.165, 1.54) is 36.1 Å². The van der Waals surface area contributed by atoms with Crippen molar-refractivity contribution in [2.45, 2.75) is 19.6 Å². The van der Waals surface area contributed by atoms with Gasteiger partial charge in [-0.2, -0.15) is 0 Å². The van der Waals surface area contributed by atoms with Crippen molar-refractivity contribution in [2.75, 3.05) is 0 Å². The lowest BCUT2D eigenvalue weighted by molar-refractivity contribution is -0.142. The third-order valence-electron chi connectivity index (χ3n) is 3.57. The first-order valence-corrected chi connectivity index (χ1v) is 7.11. The molecule has 2 aromatic rings. The molecule has 0 aromatic heterocycles. The first-order chi connectivity index (χ1) is 11.1. The number of amidine groups is 1. The van der Waals surface area contributed by atoms with Crippen LogP contribution in [0.15, 0.2) is 53.7 Å². The van der Waals surface area contributed by atoms with E-state index >= 15 is 0 Å². The molecule has 2 aromatic carbocycles. The van der Waals surface area contributed by atoms with Gasteiger partial charge >= 0.3 is 0 Å². The van der Waals surface area contributed by atoms with Crippen LogP contribution < -0.4 is 0 Å². The van der Waals surface area contributed by atoms with Crippen molar-refractivity contribution in [1.29, 1.82) is 0 Å². The second-order valence-electron chi connectivity index (χ2n) is 5.16. The SMILES string of the molecule is CC1ON=C(c2ccccc2F)N(Cc2ccccc2F)C1=O. The number of hydrogen-bond acceptors (Lipinski definition) is 3. The Labute approximate surface area is 132 Å². The zero-order valence-corrected chi connectivity index (χ0v) is 12.4. The molecule has 1 aliphatic rings. The van der Waals surface area contributed by atoms with E-state index in [4.69, 9.17) is 4.84 Å². The molecule has 0 aliphatic carbocycles. The fourth-order valence-electron chi connectivity index (χ4n) is 2.33. The van der Waals surface area contributed by atoms with Crippen LogP contribution in [0.1, 0.15) is 18.1 Å². The van der Waals surface area contributed by atoms with Gasteiger partial charge in [0.05, 0.1) is 12.1 Å². The molecule has 0 N–H and O–H groups in total. The van der Waals surface area contributed by atoms with Gasteiger partial charge in [-0.25, -0.2) is 8.78 Å². The quantitative estimate of drug-likeness (QED) is 0.873. The van der Waals surface area contributed by atoms with E-state index in [0.29, 0.717) is 5.56 Å². The van der Waals surface area contributed by atoms with Crippen molar-refractivity contribution >= 4 is 11.7 Å². The van der Waals surface area contributed by atoms with Gasteiger partial charge in [-0.15, -0.1) is 0 Å². The summed E-state index contributed by atoms with van der Waals surface area (Å²) in [6, 6.07) is 12.0. The summed E-state index contributed by atoms with van der Waals surface area (Å²) in [5.41, 5.74) is 0.447. The smallest absolute Gasteiger partial charge is 0.272 e. The van der Waals surface area contributed by atoms with E-state index in [1.54, 1.807) is 24.3 Å². The molecule has 1 aliphatic heterocycles. The second-order valence-corrected chi connectivity index (χ2v) is 5.16. The van der Waals surface area contributed by atoms with Crippen LogP contribution in [-0.4, -0.2) is 22.7 Å². The van der Waals surface area contributed by atoms with Gasteiger partial charge < -0.3 is 4.84 Å². The van der Waals surface area contributed by atoms with Gasteiger partial charge in [-0.05, 0) is 25.1 Å². The van der Waals surface area contributed by atoms with E-state index < -0.39 is 23.6 Å². The molecule has 0 bridgehead atoms. The highest BCUT2D eigenvalue weighted by Gasteiger charge is 2.33. The minimum Gasteiger partial charge on any atom is -0.381 e. The summed E-state index contributed by atoms with van der Waals surface area (Å²) in [6.07, 6.45) is -0.808. The third-order valence-corrected chi connectivity index (χ3v) is 3.57. The summed E-state index contributed by atoms with van der Waals surface area (Å²) < 4.78 is 27.9. The molecule has 3 rings (SSSR count). The van der Waals surface area contributed by atoms with Crippen LogP contribution in [0.25, 0.3) is 0 Å².